The molecule has 2 rings (SSSR count). The second-order valence-electron chi connectivity index (χ2n) is 4.68. The lowest BCUT2D eigenvalue weighted by Crippen LogP contribution is -2.39. The minimum absolute atomic E-state index is 0.0448. The van der Waals surface area contributed by atoms with E-state index in [-0.39, 0.29) is 18.1 Å². The summed E-state index contributed by atoms with van der Waals surface area (Å²) in [5.74, 6) is -0.314. The summed E-state index contributed by atoms with van der Waals surface area (Å²) in [6.45, 7) is 1.28. The van der Waals surface area contributed by atoms with Gasteiger partial charge in [0.25, 0.3) is 0 Å². The molecule has 1 heterocycles. The van der Waals surface area contributed by atoms with Crippen molar-refractivity contribution in [1.82, 2.24) is 4.90 Å². The van der Waals surface area contributed by atoms with E-state index < -0.39 is 0 Å². The first-order valence-corrected chi connectivity index (χ1v) is 7.18. The third-order valence-corrected chi connectivity index (χ3v) is 4.27. The highest BCUT2D eigenvalue weighted by atomic mass is 79.9. The number of carbonyl (C=O) groups excluding carboxylic acids is 1. The number of amides is 1. The second-order valence-corrected chi connectivity index (χ2v) is 6.00. The summed E-state index contributed by atoms with van der Waals surface area (Å²) in [5.41, 5.74) is 6.42. The van der Waals surface area contributed by atoms with Gasteiger partial charge in [-0.1, -0.05) is 27.5 Å². The van der Waals surface area contributed by atoms with Gasteiger partial charge in [-0.25, -0.2) is 0 Å². The van der Waals surface area contributed by atoms with Gasteiger partial charge in [-0.2, -0.15) is 0 Å². The van der Waals surface area contributed by atoms with Crippen molar-refractivity contribution in [3.63, 3.8) is 0 Å². The lowest BCUT2D eigenvalue weighted by atomic mass is 10.1. The van der Waals surface area contributed by atoms with Crippen LogP contribution >= 0.6 is 27.5 Å². The molecule has 0 unspecified atom stereocenters. The van der Waals surface area contributed by atoms with Crippen LogP contribution in [0, 0.1) is 0 Å². The molecule has 2 N–H and O–H groups in total. The number of ether oxygens (including phenoxy) is 1. The van der Waals surface area contributed by atoms with Crippen LogP contribution in [0.25, 0.3) is 0 Å². The maximum absolute atomic E-state index is 11.5. The minimum atomic E-state index is -0.314. The first-order chi connectivity index (χ1) is 9.01. The van der Waals surface area contributed by atoms with E-state index in [0.717, 1.165) is 10.0 Å². The van der Waals surface area contributed by atoms with Crippen molar-refractivity contribution < 1.29 is 9.53 Å². The Hall–Kier alpha value is -0.620. The molecule has 0 bridgehead atoms. The molecule has 1 aliphatic heterocycles. The summed E-state index contributed by atoms with van der Waals surface area (Å²) in [6, 6.07) is 5.39. The van der Waals surface area contributed by atoms with Crippen LogP contribution in [0.2, 0.25) is 5.02 Å². The van der Waals surface area contributed by atoms with E-state index in [1.165, 1.54) is 0 Å². The van der Waals surface area contributed by atoms with Crippen molar-refractivity contribution >= 4 is 33.4 Å². The number of primary amides is 1. The topological polar surface area (TPSA) is 55.6 Å². The van der Waals surface area contributed by atoms with Gasteiger partial charge in [0.2, 0.25) is 5.91 Å². The molecule has 1 amide bonds. The molecule has 4 nitrogen and oxygen atoms in total. The van der Waals surface area contributed by atoms with E-state index in [1.54, 1.807) is 7.11 Å². The molecule has 6 heteroatoms. The number of likely N-dealkylation sites (tertiary alicyclic amines) is 1. The predicted octanol–water partition coefficient (Wildman–Crippen LogP) is 2.18. The quantitative estimate of drug-likeness (QED) is 0.908. The summed E-state index contributed by atoms with van der Waals surface area (Å²) in [7, 11) is 1.65. The molecule has 0 spiro atoms. The Kier molecular flexibility index (Phi) is 4.84. The summed E-state index contributed by atoms with van der Waals surface area (Å²) >= 11 is 9.60. The van der Waals surface area contributed by atoms with Gasteiger partial charge in [0, 0.05) is 29.7 Å². The van der Waals surface area contributed by atoms with Gasteiger partial charge >= 0.3 is 0 Å². The maximum Gasteiger partial charge on any atom is 0.234 e. The molecule has 104 valence electrons. The van der Waals surface area contributed by atoms with Crippen molar-refractivity contribution in [3.05, 3.63) is 33.3 Å². The molecular formula is C13H16BrClN2O2. The standard InChI is InChI=1S/C13H16BrClN2O2/c1-19-10-5-12(13(16)18)17(7-10)6-8-4-9(14)2-3-11(8)15/h2-4,10,12H,5-7H2,1H3,(H2,16,18)/t10-,12-/m0/s1. The van der Waals surface area contributed by atoms with E-state index >= 15 is 0 Å². The molecule has 2 atom stereocenters. The van der Waals surface area contributed by atoms with Gasteiger partial charge in [0.15, 0.2) is 0 Å². The van der Waals surface area contributed by atoms with Gasteiger partial charge < -0.3 is 10.5 Å². The molecule has 0 radical (unpaired) electrons. The fraction of sp³-hybridized carbons (Fsp3) is 0.462. The van der Waals surface area contributed by atoms with Gasteiger partial charge in [0.1, 0.15) is 0 Å². The average Bonchev–Trinajstić information content (AvgIpc) is 2.77. The van der Waals surface area contributed by atoms with Gasteiger partial charge in [-0.15, -0.1) is 0 Å². The lowest BCUT2D eigenvalue weighted by molar-refractivity contribution is -0.122. The van der Waals surface area contributed by atoms with Crippen molar-refractivity contribution in [2.75, 3.05) is 13.7 Å². The van der Waals surface area contributed by atoms with Crippen LogP contribution in [0.3, 0.4) is 0 Å². The smallest absolute Gasteiger partial charge is 0.234 e. The zero-order valence-corrected chi connectivity index (χ0v) is 12.9. The lowest BCUT2D eigenvalue weighted by Gasteiger charge is -2.22. The number of benzene rings is 1. The van der Waals surface area contributed by atoms with Crippen LogP contribution in [-0.4, -0.2) is 36.6 Å². The highest BCUT2D eigenvalue weighted by Gasteiger charge is 2.35. The number of methoxy groups -OCH3 is 1. The Morgan fingerprint density at radius 1 is 1.63 bits per heavy atom. The number of hydrogen-bond acceptors (Lipinski definition) is 3. The Labute approximate surface area is 126 Å². The summed E-state index contributed by atoms with van der Waals surface area (Å²) in [4.78, 5) is 13.5. The third-order valence-electron chi connectivity index (χ3n) is 3.41. The number of nitrogens with two attached hydrogens (primary N) is 1. The minimum Gasteiger partial charge on any atom is -0.380 e. The number of hydrogen-bond donors (Lipinski definition) is 1. The van der Waals surface area contributed by atoms with Crippen LogP contribution in [0.5, 0.6) is 0 Å². The average molecular weight is 348 g/mol. The Balaban J connectivity index is 2.16. The van der Waals surface area contributed by atoms with E-state index in [2.05, 4.69) is 15.9 Å². The molecule has 19 heavy (non-hydrogen) atoms. The normalized spacial score (nSPS) is 23.7. The molecule has 1 aromatic rings. The first-order valence-electron chi connectivity index (χ1n) is 6.01. The largest absolute Gasteiger partial charge is 0.380 e. The highest BCUT2D eigenvalue weighted by Crippen LogP contribution is 2.27. The molecule has 0 aliphatic carbocycles. The number of rotatable bonds is 4. The monoisotopic (exact) mass is 346 g/mol. The van der Waals surface area contributed by atoms with E-state index in [4.69, 9.17) is 22.1 Å². The first kappa shape index (κ1) is 14.8. The molecule has 1 aromatic carbocycles. The van der Waals surface area contributed by atoms with Crippen LogP contribution in [0.1, 0.15) is 12.0 Å². The molecule has 1 aliphatic rings. The van der Waals surface area contributed by atoms with Crippen LogP contribution in [0.15, 0.2) is 22.7 Å². The van der Waals surface area contributed by atoms with E-state index in [1.807, 2.05) is 23.1 Å². The van der Waals surface area contributed by atoms with E-state index in [9.17, 15) is 4.79 Å². The zero-order chi connectivity index (χ0) is 14.0. The maximum atomic E-state index is 11.5. The predicted molar refractivity (Wildman–Crippen MR) is 78.0 cm³/mol. The number of halogens is 2. The van der Waals surface area contributed by atoms with Crippen LogP contribution in [-0.2, 0) is 16.1 Å². The number of nitrogens with zero attached hydrogens (tertiary/aromatic N) is 1. The summed E-state index contributed by atoms with van der Waals surface area (Å²) in [6.07, 6.45) is 0.681. The fourth-order valence-corrected chi connectivity index (χ4v) is 2.97. The van der Waals surface area contributed by atoms with E-state index in [0.29, 0.717) is 24.5 Å². The number of carbonyl (C=O) groups is 1. The SMILES string of the molecule is CO[C@H]1C[C@@H](C(N)=O)N(Cc2cc(Br)ccc2Cl)C1. The highest BCUT2D eigenvalue weighted by molar-refractivity contribution is 9.10. The van der Waals surface area contributed by atoms with Crippen LogP contribution < -0.4 is 5.73 Å². The molecular weight excluding hydrogens is 332 g/mol. The molecule has 1 saturated heterocycles. The van der Waals surface area contributed by atoms with Crippen LogP contribution in [0.4, 0.5) is 0 Å². The second kappa shape index (κ2) is 6.22. The molecule has 0 aromatic heterocycles. The van der Waals surface area contributed by atoms with Gasteiger partial charge in [0.05, 0.1) is 12.1 Å². The fourth-order valence-electron chi connectivity index (χ4n) is 2.39. The van der Waals surface area contributed by atoms with Crippen molar-refractivity contribution in [2.24, 2.45) is 5.73 Å². The Morgan fingerprint density at radius 2 is 2.37 bits per heavy atom. The third kappa shape index (κ3) is 3.48. The van der Waals surface area contributed by atoms with Crippen molar-refractivity contribution in [1.29, 1.82) is 0 Å². The summed E-state index contributed by atoms with van der Waals surface area (Å²) in [5, 5.41) is 0.687. The van der Waals surface area contributed by atoms with Gasteiger partial charge in [-0.05, 0) is 30.2 Å². The van der Waals surface area contributed by atoms with Crippen molar-refractivity contribution in [3.8, 4) is 0 Å². The molecule has 0 saturated carbocycles. The zero-order valence-electron chi connectivity index (χ0n) is 10.6. The van der Waals surface area contributed by atoms with Gasteiger partial charge in [-0.3, -0.25) is 9.69 Å². The Bertz CT molecular complexity index is 484. The molecule has 1 fully saturated rings. The summed E-state index contributed by atoms with van der Waals surface area (Å²) < 4.78 is 6.28. The Morgan fingerprint density at radius 3 is 3.00 bits per heavy atom. The van der Waals surface area contributed by atoms with Crippen molar-refractivity contribution in [2.45, 2.75) is 25.1 Å².